The third-order valence-electron chi connectivity index (χ3n) is 6.45. The van der Waals surface area contributed by atoms with Crippen LogP contribution in [-0.2, 0) is 4.79 Å². The van der Waals surface area contributed by atoms with E-state index in [9.17, 15) is 19.1 Å². The van der Waals surface area contributed by atoms with Crippen LogP contribution in [0.5, 0.6) is 0 Å². The molecule has 1 N–H and O–H groups in total. The maximum atomic E-state index is 13.5. The molecule has 7 heteroatoms. The second kappa shape index (κ2) is 7.11. The van der Waals surface area contributed by atoms with Gasteiger partial charge in [0.05, 0.1) is 6.04 Å². The minimum absolute atomic E-state index is 0.259. The average Bonchev–Trinajstić information content (AvgIpc) is 3.01. The molecule has 27 heavy (non-hydrogen) atoms. The number of halogens is 1. The number of piperazine rings is 1. The number of fused-ring (bicyclic) bond motifs is 1. The highest BCUT2D eigenvalue weighted by Crippen LogP contribution is 2.36. The fourth-order valence-corrected chi connectivity index (χ4v) is 5.04. The quantitative estimate of drug-likeness (QED) is 0.863. The normalized spacial score (nSPS) is 29.1. The molecule has 4 rings (SSSR count). The summed E-state index contributed by atoms with van der Waals surface area (Å²) in [6.45, 7) is 4.80. The number of carbonyl (C=O) groups is 2. The summed E-state index contributed by atoms with van der Waals surface area (Å²) in [6, 6.07) is 4.94. The number of rotatable bonds is 2. The van der Waals surface area contributed by atoms with Crippen LogP contribution in [-0.4, -0.2) is 70.1 Å². The summed E-state index contributed by atoms with van der Waals surface area (Å²) in [7, 11) is 0. The van der Waals surface area contributed by atoms with E-state index in [1.807, 2.05) is 11.8 Å². The van der Waals surface area contributed by atoms with Crippen molar-refractivity contribution in [1.82, 2.24) is 14.7 Å². The van der Waals surface area contributed by atoms with E-state index >= 15 is 0 Å². The lowest BCUT2D eigenvalue weighted by molar-refractivity contribution is -0.131. The molecule has 0 aliphatic carbocycles. The highest BCUT2D eigenvalue weighted by Gasteiger charge is 2.41. The molecule has 0 saturated carbocycles. The highest BCUT2D eigenvalue weighted by atomic mass is 19.1. The third-order valence-corrected chi connectivity index (χ3v) is 6.45. The zero-order valence-electron chi connectivity index (χ0n) is 15.6. The van der Waals surface area contributed by atoms with Crippen LogP contribution in [0.2, 0.25) is 0 Å². The lowest BCUT2D eigenvalue weighted by Crippen LogP contribution is -2.57. The Hall–Kier alpha value is -2.15. The second-order valence-electron chi connectivity index (χ2n) is 7.95. The van der Waals surface area contributed by atoms with Gasteiger partial charge in [0.25, 0.3) is 0 Å². The number of nitrogens with zero attached hydrogens (tertiary/aromatic N) is 3. The molecule has 146 valence electrons. The molecule has 0 spiro atoms. The van der Waals surface area contributed by atoms with E-state index in [0.717, 1.165) is 43.6 Å². The number of carbonyl (C=O) groups excluding carboxylic acids is 1. The van der Waals surface area contributed by atoms with E-state index in [1.54, 1.807) is 6.07 Å². The largest absolute Gasteiger partial charge is 0.465 e. The number of likely N-dealkylation sites (tertiary alicyclic amines) is 1. The molecular formula is C20H26FN3O3. The molecule has 0 aromatic heterocycles. The van der Waals surface area contributed by atoms with Gasteiger partial charge in [-0.2, -0.15) is 0 Å². The molecule has 3 heterocycles. The zero-order chi connectivity index (χ0) is 19.1. The molecule has 1 aromatic carbocycles. The third kappa shape index (κ3) is 3.40. The monoisotopic (exact) mass is 375 g/mol. The first-order valence-electron chi connectivity index (χ1n) is 9.73. The molecule has 3 aliphatic heterocycles. The molecule has 1 aromatic rings. The first-order valence-corrected chi connectivity index (χ1v) is 9.73. The van der Waals surface area contributed by atoms with Gasteiger partial charge in [-0.25, -0.2) is 9.18 Å². The van der Waals surface area contributed by atoms with E-state index in [-0.39, 0.29) is 23.8 Å². The van der Waals surface area contributed by atoms with Gasteiger partial charge in [-0.3, -0.25) is 9.69 Å². The van der Waals surface area contributed by atoms with Crippen molar-refractivity contribution in [1.29, 1.82) is 0 Å². The molecule has 0 bridgehead atoms. The summed E-state index contributed by atoms with van der Waals surface area (Å²) in [6.07, 6.45) is 2.15. The van der Waals surface area contributed by atoms with E-state index in [0.29, 0.717) is 25.4 Å². The van der Waals surface area contributed by atoms with Crippen LogP contribution in [0.4, 0.5) is 9.18 Å². The van der Waals surface area contributed by atoms with Gasteiger partial charge in [0.15, 0.2) is 0 Å². The molecule has 3 atom stereocenters. The van der Waals surface area contributed by atoms with Crippen molar-refractivity contribution in [2.45, 2.75) is 50.7 Å². The summed E-state index contributed by atoms with van der Waals surface area (Å²) >= 11 is 0. The van der Waals surface area contributed by atoms with Crippen molar-refractivity contribution >= 4 is 12.0 Å². The lowest BCUT2D eigenvalue weighted by atomic mass is 9.88. The van der Waals surface area contributed by atoms with Crippen LogP contribution in [0.25, 0.3) is 0 Å². The smallest absolute Gasteiger partial charge is 0.407 e. The maximum absolute atomic E-state index is 13.5. The fraction of sp³-hybridized carbons (Fsp3) is 0.600. The Morgan fingerprint density at radius 3 is 2.74 bits per heavy atom. The number of benzene rings is 1. The SMILES string of the molecule is Cc1cc(F)ccc1[C@H]1C[C@@H](N2CCN3C(=O)CC[C@@H]3C2)CCN1C(=O)O. The molecule has 0 unspecified atom stereocenters. The number of hydrogen-bond acceptors (Lipinski definition) is 3. The fourth-order valence-electron chi connectivity index (χ4n) is 5.04. The van der Waals surface area contributed by atoms with Crippen molar-refractivity contribution in [2.75, 3.05) is 26.2 Å². The summed E-state index contributed by atoms with van der Waals surface area (Å²) in [5.41, 5.74) is 1.68. The van der Waals surface area contributed by atoms with Gasteiger partial charge in [0.1, 0.15) is 5.82 Å². The Kier molecular flexibility index (Phi) is 4.80. The van der Waals surface area contributed by atoms with E-state index in [1.165, 1.54) is 17.0 Å². The zero-order valence-corrected chi connectivity index (χ0v) is 15.6. The number of aryl methyl sites for hydroxylation is 1. The molecule has 3 fully saturated rings. The lowest BCUT2D eigenvalue weighted by Gasteiger charge is -2.46. The van der Waals surface area contributed by atoms with Gasteiger partial charge in [-0.15, -0.1) is 0 Å². The van der Waals surface area contributed by atoms with Crippen LogP contribution in [0.15, 0.2) is 18.2 Å². The van der Waals surface area contributed by atoms with Gasteiger partial charge in [-0.1, -0.05) is 6.07 Å². The van der Waals surface area contributed by atoms with E-state index in [2.05, 4.69) is 4.90 Å². The van der Waals surface area contributed by atoms with Gasteiger partial charge in [0.2, 0.25) is 5.91 Å². The molecule has 6 nitrogen and oxygen atoms in total. The van der Waals surface area contributed by atoms with E-state index in [4.69, 9.17) is 0 Å². The molecule has 3 aliphatic rings. The van der Waals surface area contributed by atoms with Crippen molar-refractivity contribution in [3.8, 4) is 0 Å². The standard InChI is InChI=1S/C20H26FN3O3/c1-13-10-14(21)2-4-17(13)18-11-15(6-7-24(18)20(26)27)22-8-9-23-16(12-22)3-5-19(23)25/h2,4,10,15-16,18H,3,5-9,11-12H2,1H3,(H,26,27)/t15-,16+,18+/m0/s1. The van der Waals surface area contributed by atoms with Crippen LogP contribution in [0.3, 0.4) is 0 Å². The predicted octanol–water partition coefficient (Wildman–Crippen LogP) is 2.62. The van der Waals surface area contributed by atoms with Crippen molar-refractivity contribution < 1.29 is 19.1 Å². The predicted molar refractivity (Wildman–Crippen MR) is 97.9 cm³/mol. The average molecular weight is 375 g/mol. The Balaban J connectivity index is 1.53. The minimum Gasteiger partial charge on any atom is -0.465 e. The van der Waals surface area contributed by atoms with Crippen molar-refractivity contribution in [3.05, 3.63) is 35.1 Å². The molecule has 2 amide bonds. The Morgan fingerprint density at radius 2 is 2.00 bits per heavy atom. The van der Waals surface area contributed by atoms with Crippen LogP contribution < -0.4 is 0 Å². The maximum Gasteiger partial charge on any atom is 0.407 e. The molecular weight excluding hydrogens is 349 g/mol. The van der Waals surface area contributed by atoms with E-state index < -0.39 is 6.09 Å². The van der Waals surface area contributed by atoms with Gasteiger partial charge < -0.3 is 14.9 Å². The first-order chi connectivity index (χ1) is 12.9. The first kappa shape index (κ1) is 18.2. The Morgan fingerprint density at radius 1 is 1.19 bits per heavy atom. The van der Waals surface area contributed by atoms with Crippen LogP contribution in [0.1, 0.15) is 42.9 Å². The highest BCUT2D eigenvalue weighted by molar-refractivity contribution is 5.79. The number of piperidine rings is 1. The Bertz CT molecular complexity index is 756. The van der Waals surface area contributed by atoms with Gasteiger partial charge in [-0.05, 0) is 49.4 Å². The minimum atomic E-state index is -0.923. The summed E-state index contributed by atoms with van der Waals surface area (Å²) < 4.78 is 13.5. The summed E-state index contributed by atoms with van der Waals surface area (Å²) in [4.78, 5) is 29.6. The summed E-state index contributed by atoms with van der Waals surface area (Å²) in [5.74, 6) is -0.0346. The summed E-state index contributed by atoms with van der Waals surface area (Å²) in [5, 5.41) is 9.66. The van der Waals surface area contributed by atoms with Gasteiger partial charge in [0, 0.05) is 44.7 Å². The van der Waals surface area contributed by atoms with Crippen molar-refractivity contribution in [3.63, 3.8) is 0 Å². The number of amides is 2. The second-order valence-corrected chi connectivity index (χ2v) is 7.95. The number of hydrogen-bond donors (Lipinski definition) is 1. The van der Waals surface area contributed by atoms with Crippen molar-refractivity contribution in [2.24, 2.45) is 0 Å². The van der Waals surface area contributed by atoms with Crippen LogP contribution >= 0.6 is 0 Å². The van der Waals surface area contributed by atoms with Gasteiger partial charge >= 0.3 is 6.09 Å². The topological polar surface area (TPSA) is 64.1 Å². The molecule has 3 saturated heterocycles. The Labute approximate surface area is 158 Å². The molecule has 0 radical (unpaired) electrons. The van der Waals surface area contributed by atoms with Crippen LogP contribution in [0, 0.1) is 12.7 Å². The number of carboxylic acid groups (broad SMARTS) is 1.